The number of hydrogen-bond acceptors (Lipinski definition) is 4. The molecule has 0 heterocycles. The van der Waals surface area contributed by atoms with Crippen molar-refractivity contribution in [2.24, 2.45) is 5.73 Å². The number of primary amides is 1. The molecule has 0 radical (unpaired) electrons. The van der Waals surface area contributed by atoms with Crippen molar-refractivity contribution in [2.45, 2.75) is 11.1 Å². The van der Waals surface area contributed by atoms with Gasteiger partial charge in [0.05, 0.1) is 11.1 Å². The van der Waals surface area contributed by atoms with Crippen LogP contribution in [0, 0.1) is 5.82 Å². The molecule has 0 unspecified atom stereocenters. The summed E-state index contributed by atoms with van der Waals surface area (Å²) < 4.78 is 80.5. The summed E-state index contributed by atoms with van der Waals surface area (Å²) >= 11 is 0. The van der Waals surface area contributed by atoms with E-state index in [4.69, 9.17) is 5.73 Å². The van der Waals surface area contributed by atoms with Crippen LogP contribution in [0.5, 0.6) is 5.75 Å². The fraction of sp³-hybridized carbons (Fsp3) is 0.0714. The highest BCUT2D eigenvalue weighted by Gasteiger charge is 2.34. The van der Waals surface area contributed by atoms with Crippen LogP contribution in [0.15, 0.2) is 47.4 Å². The Bertz CT molecular complexity index is 894. The number of nitrogens with two attached hydrogens (primary N) is 1. The van der Waals surface area contributed by atoms with Crippen LogP contribution >= 0.6 is 0 Å². The van der Waals surface area contributed by atoms with E-state index in [0.29, 0.717) is 12.1 Å². The average Bonchev–Trinajstić information content (AvgIpc) is 2.46. The molecule has 1 amide bonds. The number of amides is 1. The molecule has 2 aromatic carbocycles. The Morgan fingerprint density at radius 2 is 1.71 bits per heavy atom. The summed E-state index contributed by atoms with van der Waals surface area (Å²) in [6.07, 6.45) is -4.87. The number of benzene rings is 2. The third kappa shape index (κ3) is 3.65. The van der Waals surface area contributed by atoms with Gasteiger partial charge in [-0.1, -0.05) is 12.1 Å². The van der Waals surface area contributed by atoms with Crippen LogP contribution in [0.25, 0.3) is 0 Å². The number of carbonyl (C=O) groups excluding carboxylic acids is 1. The Morgan fingerprint density at radius 3 is 2.29 bits per heavy atom. The molecule has 2 N–H and O–H groups in total. The Hall–Kier alpha value is -2.62. The highest BCUT2D eigenvalue weighted by atomic mass is 32.2. The molecule has 0 atom stereocenters. The van der Waals surface area contributed by atoms with Crippen molar-refractivity contribution in [3.63, 3.8) is 0 Å². The summed E-state index contributed by atoms with van der Waals surface area (Å²) in [5, 5.41) is 0. The number of alkyl halides is 3. The Morgan fingerprint density at radius 1 is 1.08 bits per heavy atom. The van der Waals surface area contributed by atoms with Gasteiger partial charge in [-0.15, -0.1) is 0 Å². The van der Waals surface area contributed by atoms with Crippen molar-refractivity contribution < 1.29 is 35.0 Å². The zero-order valence-corrected chi connectivity index (χ0v) is 12.5. The molecule has 0 aliphatic rings. The molecule has 0 bridgehead atoms. The maximum atomic E-state index is 13.7. The van der Waals surface area contributed by atoms with E-state index in [9.17, 15) is 30.8 Å². The summed E-state index contributed by atoms with van der Waals surface area (Å²) in [7, 11) is -4.97. The van der Waals surface area contributed by atoms with Gasteiger partial charge in [-0.2, -0.15) is 21.6 Å². The lowest BCUT2D eigenvalue weighted by Crippen LogP contribution is -2.18. The first-order chi connectivity index (χ1) is 11.0. The number of halogens is 4. The molecular weight excluding hydrogens is 354 g/mol. The van der Waals surface area contributed by atoms with Gasteiger partial charge in [0.25, 0.3) is 5.91 Å². The molecule has 0 aromatic heterocycles. The third-order valence-corrected chi connectivity index (χ3v) is 4.13. The highest BCUT2D eigenvalue weighted by Crippen LogP contribution is 2.32. The molecule has 10 heteroatoms. The molecule has 24 heavy (non-hydrogen) atoms. The second-order valence-corrected chi connectivity index (χ2v) is 6.06. The fourth-order valence-electron chi connectivity index (χ4n) is 1.78. The quantitative estimate of drug-likeness (QED) is 0.668. The smallest absolute Gasteiger partial charge is 0.378 e. The van der Waals surface area contributed by atoms with Crippen LogP contribution in [0.2, 0.25) is 0 Å². The lowest BCUT2D eigenvalue weighted by molar-refractivity contribution is -0.137. The Kier molecular flexibility index (Phi) is 4.52. The Balaban J connectivity index is 2.51. The standard InChI is InChI=1S/C14H9F4NO4S/c15-10-6-5-8(14(16,17)18)7-12(10)24(21,22)23-11-4-2-1-3-9(11)13(19)20/h1-7H,(H2,19,20). The molecule has 0 saturated carbocycles. The lowest BCUT2D eigenvalue weighted by atomic mass is 10.2. The van der Waals surface area contributed by atoms with Crippen LogP contribution in [0.1, 0.15) is 15.9 Å². The molecule has 5 nitrogen and oxygen atoms in total. The van der Waals surface area contributed by atoms with Crippen LogP contribution < -0.4 is 9.92 Å². The van der Waals surface area contributed by atoms with Crippen molar-refractivity contribution >= 4 is 16.0 Å². The molecule has 0 aliphatic heterocycles. The molecule has 0 saturated heterocycles. The minimum absolute atomic E-state index is 0.109. The maximum Gasteiger partial charge on any atom is 0.416 e. The summed E-state index contributed by atoms with van der Waals surface area (Å²) in [4.78, 5) is 9.91. The van der Waals surface area contributed by atoms with Crippen molar-refractivity contribution in [3.05, 3.63) is 59.4 Å². The highest BCUT2D eigenvalue weighted by molar-refractivity contribution is 7.87. The van der Waals surface area contributed by atoms with Gasteiger partial charge >= 0.3 is 16.3 Å². The van der Waals surface area contributed by atoms with Gasteiger partial charge in [-0.25, -0.2) is 4.39 Å². The molecule has 0 fully saturated rings. The number of para-hydroxylation sites is 1. The molecule has 128 valence electrons. The van der Waals surface area contributed by atoms with E-state index in [1.807, 2.05) is 0 Å². The van der Waals surface area contributed by atoms with E-state index in [0.717, 1.165) is 12.1 Å². The molecule has 2 aromatic rings. The zero-order valence-electron chi connectivity index (χ0n) is 11.7. The monoisotopic (exact) mass is 363 g/mol. The molecule has 0 aliphatic carbocycles. The first kappa shape index (κ1) is 17.7. The third-order valence-electron chi connectivity index (χ3n) is 2.88. The van der Waals surface area contributed by atoms with Crippen molar-refractivity contribution in [1.82, 2.24) is 0 Å². The van der Waals surface area contributed by atoms with Crippen molar-refractivity contribution in [2.75, 3.05) is 0 Å². The van der Waals surface area contributed by atoms with Gasteiger partial charge in [-0.05, 0) is 30.3 Å². The van der Waals surface area contributed by atoms with Gasteiger partial charge in [0.15, 0.2) is 5.75 Å². The van der Waals surface area contributed by atoms with E-state index < -0.39 is 44.2 Å². The van der Waals surface area contributed by atoms with Gasteiger partial charge in [-0.3, -0.25) is 4.79 Å². The Labute approximate surface area is 133 Å². The predicted octanol–water partition coefficient (Wildman–Crippen LogP) is 2.71. The number of rotatable bonds is 4. The minimum Gasteiger partial charge on any atom is -0.378 e. The van der Waals surface area contributed by atoms with Crippen LogP contribution in [0.4, 0.5) is 17.6 Å². The normalized spacial score (nSPS) is 12.0. The largest absolute Gasteiger partial charge is 0.416 e. The molecular formula is C14H9F4NO4S. The minimum atomic E-state index is -4.97. The van der Waals surface area contributed by atoms with E-state index in [1.54, 1.807) is 0 Å². The van der Waals surface area contributed by atoms with E-state index >= 15 is 0 Å². The summed E-state index contributed by atoms with van der Waals surface area (Å²) in [5.41, 5.74) is 3.35. The van der Waals surface area contributed by atoms with Crippen LogP contribution in [0.3, 0.4) is 0 Å². The topological polar surface area (TPSA) is 86.5 Å². The summed E-state index contributed by atoms with van der Waals surface area (Å²) in [6.45, 7) is 0. The van der Waals surface area contributed by atoms with E-state index in [1.165, 1.54) is 12.1 Å². The van der Waals surface area contributed by atoms with Gasteiger partial charge < -0.3 is 9.92 Å². The van der Waals surface area contributed by atoms with Gasteiger partial charge in [0.1, 0.15) is 10.7 Å². The van der Waals surface area contributed by atoms with E-state index in [-0.39, 0.29) is 11.6 Å². The van der Waals surface area contributed by atoms with Gasteiger partial charge in [0.2, 0.25) is 0 Å². The number of hydrogen-bond donors (Lipinski definition) is 1. The van der Waals surface area contributed by atoms with Crippen molar-refractivity contribution in [3.8, 4) is 5.75 Å². The van der Waals surface area contributed by atoms with Gasteiger partial charge in [0, 0.05) is 0 Å². The van der Waals surface area contributed by atoms with Crippen LogP contribution in [-0.4, -0.2) is 14.3 Å². The first-order valence-electron chi connectivity index (χ1n) is 6.22. The zero-order chi connectivity index (χ0) is 18.1. The second kappa shape index (κ2) is 6.11. The number of carbonyl (C=O) groups is 1. The summed E-state index contributed by atoms with van der Waals surface area (Å²) in [6, 6.07) is 5.74. The second-order valence-electron chi connectivity index (χ2n) is 4.54. The fourth-order valence-corrected chi connectivity index (χ4v) is 2.83. The molecule has 0 spiro atoms. The van der Waals surface area contributed by atoms with E-state index in [2.05, 4.69) is 4.18 Å². The summed E-state index contributed by atoms with van der Waals surface area (Å²) in [5.74, 6) is -2.98. The maximum absolute atomic E-state index is 13.7. The average molecular weight is 363 g/mol. The first-order valence-corrected chi connectivity index (χ1v) is 7.63. The van der Waals surface area contributed by atoms with Crippen LogP contribution in [-0.2, 0) is 16.3 Å². The molecule has 2 rings (SSSR count). The predicted molar refractivity (Wildman–Crippen MR) is 74.2 cm³/mol. The SMILES string of the molecule is NC(=O)c1ccccc1OS(=O)(=O)c1cc(C(F)(F)F)ccc1F. The lowest BCUT2D eigenvalue weighted by Gasteiger charge is -2.12. The van der Waals surface area contributed by atoms with Crippen molar-refractivity contribution in [1.29, 1.82) is 0 Å².